The number of likely N-dealkylation sites (N-methyl/N-ethyl adjacent to an activating group) is 1. The van der Waals surface area contributed by atoms with E-state index in [9.17, 15) is 0 Å². The highest BCUT2D eigenvalue weighted by atomic mass is 127. The standard InChI is InChI=1S/C16H30N4O2.HI/c1-17-15(19-13-10-12-4-5-14(13)22-12)18-11-16(20(2)3)6-8-21-9-7-16;/h12-14H,4-11H2,1-3H3,(H2,17,18,19);1H. The molecular formula is C16H31IN4O2. The molecule has 3 aliphatic heterocycles. The lowest BCUT2D eigenvalue weighted by Gasteiger charge is -2.43. The van der Waals surface area contributed by atoms with Gasteiger partial charge in [-0.05, 0) is 46.2 Å². The van der Waals surface area contributed by atoms with Crippen LogP contribution in [0.5, 0.6) is 0 Å². The van der Waals surface area contributed by atoms with Crippen molar-refractivity contribution in [3.63, 3.8) is 0 Å². The van der Waals surface area contributed by atoms with Crippen molar-refractivity contribution in [3.8, 4) is 0 Å². The third-order valence-corrected chi connectivity index (χ3v) is 5.61. The number of hydrogen-bond acceptors (Lipinski definition) is 4. The first kappa shape index (κ1) is 19.2. The highest BCUT2D eigenvalue weighted by Gasteiger charge is 2.41. The van der Waals surface area contributed by atoms with E-state index in [1.807, 2.05) is 7.05 Å². The number of hydrogen-bond donors (Lipinski definition) is 2. The van der Waals surface area contributed by atoms with Gasteiger partial charge >= 0.3 is 0 Å². The second-order valence-electron chi connectivity index (χ2n) is 7.02. The highest BCUT2D eigenvalue weighted by Crippen LogP contribution is 2.34. The summed E-state index contributed by atoms with van der Waals surface area (Å²) >= 11 is 0. The average molecular weight is 438 g/mol. The molecule has 0 aromatic heterocycles. The van der Waals surface area contributed by atoms with E-state index in [-0.39, 0.29) is 29.5 Å². The van der Waals surface area contributed by atoms with Crippen LogP contribution >= 0.6 is 24.0 Å². The molecule has 3 unspecified atom stereocenters. The largest absolute Gasteiger partial charge is 0.381 e. The van der Waals surface area contributed by atoms with Crippen LogP contribution in [-0.2, 0) is 9.47 Å². The average Bonchev–Trinajstić information content (AvgIpc) is 3.14. The molecule has 2 bridgehead atoms. The van der Waals surface area contributed by atoms with Gasteiger partial charge in [0, 0.05) is 32.3 Å². The summed E-state index contributed by atoms with van der Waals surface area (Å²) < 4.78 is 11.4. The summed E-state index contributed by atoms with van der Waals surface area (Å²) in [5.74, 6) is 0.897. The second kappa shape index (κ2) is 8.31. The van der Waals surface area contributed by atoms with E-state index < -0.39 is 0 Å². The van der Waals surface area contributed by atoms with Crippen molar-refractivity contribution in [2.24, 2.45) is 4.99 Å². The zero-order valence-corrected chi connectivity index (χ0v) is 16.8. The van der Waals surface area contributed by atoms with Gasteiger partial charge in [0.05, 0.1) is 18.2 Å². The third kappa shape index (κ3) is 4.29. The van der Waals surface area contributed by atoms with E-state index in [2.05, 4.69) is 34.6 Å². The van der Waals surface area contributed by atoms with Gasteiger partial charge in [-0.3, -0.25) is 4.99 Å². The van der Waals surface area contributed by atoms with Crippen molar-refractivity contribution in [1.29, 1.82) is 0 Å². The van der Waals surface area contributed by atoms with E-state index in [4.69, 9.17) is 9.47 Å². The van der Waals surface area contributed by atoms with Crippen molar-refractivity contribution >= 4 is 29.9 Å². The van der Waals surface area contributed by atoms with E-state index in [0.717, 1.165) is 45.0 Å². The molecule has 3 fully saturated rings. The normalized spacial score (nSPS) is 32.7. The molecular weight excluding hydrogens is 407 g/mol. The maximum atomic E-state index is 5.91. The van der Waals surface area contributed by atoms with Gasteiger partial charge in [0.25, 0.3) is 0 Å². The summed E-state index contributed by atoms with van der Waals surface area (Å²) in [7, 11) is 6.16. The fourth-order valence-corrected chi connectivity index (χ4v) is 3.94. The van der Waals surface area contributed by atoms with Gasteiger partial charge in [-0.15, -0.1) is 24.0 Å². The molecule has 0 aliphatic carbocycles. The second-order valence-corrected chi connectivity index (χ2v) is 7.02. The van der Waals surface area contributed by atoms with E-state index in [1.165, 1.54) is 12.8 Å². The molecule has 3 atom stereocenters. The minimum Gasteiger partial charge on any atom is -0.381 e. The molecule has 3 rings (SSSR count). The van der Waals surface area contributed by atoms with Crippen LogP contribution in [0.1, 0.15) is 32.1 Å². The smallest absolute Gasteiger partial charge is 0.191 e. The van der Waals surface area contributed by atoms with Crippen LogP contribution in [0.25, 0.3) is 0 Å². The van der Waals surface area contributed by atoms with Crippen LogP contribution in [0.2, 0.25) is 0 Å². The fourth-order valence-electron chi connectivity index (χ4n) is 3.94. The number of ether oxygens (including phenoxy) is 2. The van der Waals surface area contributed by atoms with Gasteiger partial charge in [0.1, 0.15) is 0 Å². The van der Waals surface area contributed by atoms with Crippen LogP contribution in [0.3, 0.4) is 0 Å². The summed E-state index contributed by atoms with van der Waals surface area (Å²) in [5.41, 5.74) is 0.154. The number of fused-ring (bicyclic) bond motifs is 2. The van der Waals surface area contributed by atoms with Gasteiger partial charge in [-0.1, -0.05) is 0 Å². The van der Waals surface area contributed by atoms with Gasteiger partial charge in [-0.25, -0.2) is 0 Å². The minimum absolute atomic E-state index is 0. The molecule has 0 spiro atoms. The Bertz CT molecular complexity index is 413. The summed E-state index contributed by atoms with van der Waals surface area (Å²) in [6.45, 7) is 2.57. The third-order valence-electron chi connectivity index (χ3n) is 5.61. The monoisotopic (exact) mass is 438 g/mol. The van der Waals surface area contributed by atoms with E-state index in [0.29, 0.717) is 18.2 Å². The minimum atomic E-state index is 0. The zero-order valence-electron chi connectivity index (χ0n) is 14.5. The number of guanidine groups is 1. The maximum Gasteiger partial charge on any atom is 0.191 e. The zero-order chi connectivity index (χ0) is 15.6. The SMILES string of the molecule is CN=C(NCC1(N(C)C)CCOCC1)NC1CC2CCC1O2.I. The van der Waals surface area contributed by atoms with Gasteiger partial charge in [0.2, 0.25) is 0 Å². The Labute approximate surface area is 156 Å². The first-order valence-electron chi connectivity index (χ1n) is 8.51. The number of nitrogens with zero attached hydrogens (tertiary/aromatic N) is 2. The summed E-state index contributed by atoms with van der Waals surface area (Å²) in [5, 5.41) is 7.09. The summed E-state index contributed by atoms with van der Waals surface area (Å²) in [6.07, 6.45) is 6.45. The Morgan fingerprint density at radius 1 is 1.26 bits per heavy atom. The Hall–Kier alpha value is -0.120. The molecule has 3 aliphatic rings. The lowest BCUT2D eigenvalue weighted by molar-refractivity contribution is -0.00504. The molecule has 0 saturated carbocycles. The van der Waals surface area contributed by atoms with Crippen molar-refractivity contribution in [2.45, 2.75) is 55.9 Å². The maximum absolute atomic E-state index is 5.91. The first-order valence-corrected chi connectivity index (χ1v) is 8.51. The Kier molecular flexibility index (Phi) is 6.94. The molecule has 0 aromatic rings. The van der Waals surface area contributed by atoms with Crippen LogP contribution < -0.4 is 10.6 Å². The van der Waals surface area contributed by atoms with Gasteiger partial charge < -0.3 is 25.0 Å². The molecule has 0 aromatic carbocycles. The topological polar surface area (TPSA) is 58.1 Å². The molecule has 6 nitrogen and oxygen atoms in total. The summed E-state index contributed by atoms with van der Waals surface area (Å²) in [6, 6.07) is 0.412. The summed E-state index contributed by atoms with van der Waals surface area (Å²) in [4.78, 5) is 6.73. The molecule has 134 valence electrons. The van der Waals surface area contributed by atoms with E-state index in [1.54, 1.807) is 0 Å². The van der Waals surface area contributed by atoms with Crippen LogP contribution in [0.15, 0.2) is 4.99 Å². The number of halogens is 1. The van der Waals surface area contributed by atoms with Crippen molar-refractivity contribution < 1.29 is 9.47 Å². The van der Waals surface area contributed by atoms with Gasteiger partial charge in [0.15, 0.2) is 5.96 Å². The first-order chi connectivity index (χ1) is 10.6. The molecule has 3 saturated heterocycles. The lowest BCUT2D eigenvalue weighted by Crippen LogP contribution is -2.58. The fraction of sp³-hybridized carbons (Fsp3) is 0.938. The van der Waals surface area contributed by atoms with Crippen molar-refractivity contribution in [1.82, 2.24) is 15.5 Å². The van der Waals surface area contributed by atoms with Crippen LogP contribution in [-0.4, -0.2) is 75.5 Å². The predicted octanol–water partition coefficient (Wildman–Crippen LogP) is 1.20. The highest BCUT2D eigenvalue weighted by molar-refractivity contribution is 14.0. The Balaban J connectivity index is 0.00000192. The van der Waals surface area contributed by atoms with Crippen LogP contribution in [0.4, 0.5) is 0 Å². The number of nitrogens with one attached hydrogen (secondary N) is 2. The van der Waals surface area contributed by atoms with Crippen molar-refractivity contribution in [2.75, 3.05) is 40.9 Å². The van der Waals surface area contributed by atoms with Crippen molar-refractivity contribution in [3.05, 3.63) is 0 Å². The molecule has 0 amide bonds. The molecule has 0 radical (unpaired) electrons. The van der Waals surface area contributed by atoms with E-state index >= 15 is 0 Å². The quantitative estimate of drug-likeness (QED) is 0.393. The van der Waals surface area contributed by atoms with Gasteiger partial charge in [-0.2, -0.15) is 0 Å². The predicted molar refractivity (Wildman–Crippen MR) is 103 cm³/mol. The molecule has 7 heteroatoms. The number of aliphatic imine (C=N–C) groups is 1. The molecule has 2 N–H and O–H groups in total. The Morgan fingerprint density at radius 2 is 2.00 bits per heavy atom. The molecule has 23 heavy (non-hydrogen) atoms. The Morgan fingerprint density at radius 3 is 2.52 bits per heavy atom. The lowest BCUT2D eigenvalue weighted by atomic mass is 9.88. The molecule has 3 heterocycles. The van der Waals surface area contributed by atoms with Crippen LogP contribution in [0, 0.1) is 0 Å². The number of rotatable bonds is 4.